The van der Waals surface area contributed by atoms with Crippen LogP contribution in [0.4, 0.5) is 0 Å². The molecular formula is C16H24N2O2. The van der Waals surface area contributed by atoms with Crippen LogP contribution in [0.5, 0.6) is 0 Å². The van der Waals surface area contributed by atoms with Gasteiger partial charge in [-0.15, -0.1) is 0 Å². The first-order chi connectivity index (χ1) is 9.37. The Hall–Kier alpha value is -1.42. The molecule has 1 heterocycles. The number of carboxylic acids is 1. The largest absolute Gasteiger partial charge is 0.477 e. The zero-order valence-electron chi connectivity index (χ0n) is 12.6. The van der Waals surface area contributed by atoms with Crippen molar-refractivity contribution in [2.24, 2.45) is 5.41 Å². The molecule has 1 fully saturated rings. The molecule has 0 amide bonds. The molecule has 0 atom stereocenters. The van der Waals surface area contributed by atoms with Gasteiger partial charge in [0.15, 0.2) is 0 Å². The van der Waals surface area contributed by atoms with Crippen molar-refractivity contribution < 1.29 is 9.90 Å². The van der Waals surface area contributed by atoms with E-state index in [0.29, 0.717) is 11.5 Å². The Bertz CT molecular complexity index is 475. The molecule has 1 N–H and O–H groups in total. The van der Waals surface area contributed by atoms with Crippen molar-refractivity contribution in [2.45, 2.75) is 52.1 Å². The van der Waals surface area contributed by atoms with Crippen molar-refractivity contribution in [3.8, 4) is 0 Å². The van der Waals surface area contributed by atoms with E-state index in [1.807, 2.05) is 6.07 Å². The minimum Gasteiger partial charge on any atom is -0.477 e. The molecule has 0 unspecified atom stereocenters. The highest BCUT2D eigenvalue weighted by Gasteiger charge is 2.28. The van der Waals surface area contributed by atoms with Gasteiger partial charge >= 0.3 is 5.97 Å². The zero-order chi connectivity index (χ0) is 14.8. The molecule has 1 aromatic heterocycles. The molecule has 20 heavy (non-hydrogen) atoms. The molecule has 4 nitrogen and oxygen atoms in total. The van der Waals surface area contributed by atoms with Crippen molar-refractivity contribution in [3.05, 3.63) is 29.6 Å². The third-order valence-electron chi connectivity index (χ3n) is 4.41. The Labute approximate surface area is 120 Å². The molecule has 2 rings (SSSR count). The maximum atomic E-state index is 10.9. The third-order valence-corrected chi connectivity index (χ3v) is 4.41. The van der Waals surface area contributed by atoms with E-state index in [1.165, 1.54) is 25.7 Å². The quantitative estimate of drug-likeness (QED) is 0.917. The lowest BCUT2D eigenvalue weighted by Crippen LogP contribution is -2.36. The maximum Gasteiger partial charge on any atom is 0.354 e. The Morgan fingerprint density at radius 3 is 2.70 bits per heavy atom. The lowest BCUT2D eigenvalue weighted by Gasteiger charge is -2.38. The lowest BCUT2D eigenvalue weighted by atomic mass is 9.75. The van der Waals surface area contributed by atoms with Gasteiger partial charge in [-0.25, -0.2) is 9.78 Å². The monoisotopic (exact) mass is 276 g/mol. The summed E-state index contributed by atoms with van der Waals surface area (Å²) in [7, 11) is 2.13. The number of hydrogen-bond acceptors (Lipinski definition) is 3. The number of carbonyl (C=O) groups is 1. The van der Waals surface area contributed by atoms with E-state index in [4.69, 9.17) is 5.11 Å². The first kappa shape index (κ1) is 15.0. The number of aromatic carboxylic acids is 1. The van der Waals surface area contributed by atoms with Crippen molar-refractivity contribution in [2.75, 3.05) is 7.05 Å². The summed E-state index contributed by atoms with van der Waals surface area (Å²) in [6, 6.07) is 4.17. The Kier molecular flexibility index (Phi) is 4.43. The van der Waals surface area contributed by atoms with Crippen LogP contribution in [0.3, 0.4) is 0 Å². The summed E-state index contributed by atoms with van der Waals surface area (Å²) in [5.41, 5.74) is 1.62. The van der Waals surface area contributed by atoms with Crippen LogP contribution in [0.1, 0.15) is 55.6 Å². The van der Waals surface area contributed by atoms with Gasteiger partial charge in [0.05, 0.1) is 0 Å². The number of pyridine rings is 1. The van der Waals surface area contributed by atoms with Gasteiger partial charge in [-0.3, -0.25) is 4.90 Å². The summed E-state index contributed by atoms with van der Waals surface area (Å²) in [4.78, 5) is 17.1. The Morgan fingerprint density at radius 1 is 1.45 bits per heavy atom. The van der Waals surface area contributed by atoms with Crippen LogP contribution in [-0.4, -0.2) is 34.0 Å². The predicted molar refractivity (Wildman–Crippen MR) is 78.7 cm³/mol. The van der Waals surface area contributed by atoms with Crippen LogP contribution in [0.25, 0.3) is 0 Å². The second-order valence-electron chi connectivity index (χ2n) is 6.66. The molecule has 1 saturated carbocycles. The summed E-state index contributed by atoms with van der Waals surface area (Å²) in [5.74, 6) is -0.964. The van der Waals surface area contributed by atoms with E-state index in [1.54, 1.807) is 12.3 Å². The zero-order valence-corrected chi connectivity index (χ0v) is 12.6. The first-order valence-corrected chi connectivity index (χ1v) is 7.26. The van der Waals surface area contributed by atoms with Crippen LogP contribution in [-0.2, 0) is 6.54 Å². The molecule has 4 heteroatoms. The predicted octanol–water partition coefficient (Wildman–Crippen LogP) is 3.18. The molecule has 0 aromatic carbocycles. The highest BCUT2D eigenvalue weighted by atomic mass is 16.4. The summed E-state index contributed by atoms with van der Waals surface area (Å²) in [6.07, 6.45) is 6.55. The molecule has 1 aliphatic rings. The number of rotatable bonds is 4. The fourth-order valence-corrected chi connectivity index (χ4v) is 2.93. The second-order valence-corrected chi connectivity index (χ2v) is 6.66. The standard InChI is InChI=1S/C16H24N2O2/c1-16(2)7-4-13(5-8-16)18(3)11-12-6-9-17-14(10-12)15(19)20/h6,9-10,13H,4-5,7-8,11H2,1-3H3,(H,19,20). The molecule has 110 valence electrons. The van der Waals surface area contributed by atoms with Crippen LogP contribution in [0.15, 0.2) is 18.3 Å². The second kappa shape index (κ2) is 5.92. The van der Waals surface area contributed by atoms with Crippen molar-refractivity contribution in [1.29, 1.82) is 0 Å². The van der Waals surface area contributed by atoms with Crippen molar-refractivity contribution in [1.82, 2.24) is 9.88 Å². The van der Waals surface area contributed by atoms with E-state index in [-0.39, 0.29) is 5.69 Å². The summed E-state index contributed by atoms with van der Waals surface area (Å²) in [5, 5.41) is 8.97. The van der Waals surface area contributed by atoms with Gasteiger partial charge < -0.3 is 5.11 Å². The van der Waals surface area contributed by atoms with Crippen LogP contribution < -0.4 is 0 Å². The SMILES string of the molecule is CN(Cc1ccnc(C(=O)O)c1)C1CCC(C)(C)CC1. The van der Waals surface area contributed by atoms with Crippen LogP contribution >= 0.6 is 0 Å². The van der Waals surface area contributed by atoms with E-state index >= 15 is 0 Å². The lowest BCUT2D eigenvalue weighted by molar-refractivity contribution is 0.0690. The molecule has 0 aliphatic heterocycles. The highest BCUT2D eigenvalue weighted by molar-refractivity contribution is 5.85. The normalized spacial score (nSPS) is 19.2. The number of carboxylic acid groups (broad SMARTS) is 1. The molecule has 1 aliphatic carbocycles. The number of aromatic nitrogens is 1. The van der Waals surface area contributed by atoms with Gasteiger partial charge in [0.1, 0.15) is 5.69 Å². The molecule has 0 spiro atoms. The average Bonchev–Trinajstić information content (AvgIpc) is 2.38. The smallest absolute Gasteiger partial charge is 0.354 e. The molecule has 1 aromatic rings. The van der Waals surface area contributed by atoms with Gasteiger partial charge in [-0.1, -0.05) is 13.8 Å². The van der Waals surface area contributed by atoms with E-state index in [0.717, 1.165) is 12.1 Å². The van der Waals surface area contributed by atoms with Crippen molar-refractivity contribution in [3.63, 3.8) is 0 Å². The van der Waals surface area contributed by atoms with Crippen LogP contribution in [0.2, 0.25) is 0 Å². The van der Waals surface area contributed by atoms with E-state index in [9.17, 15) is 4.79 Å². The first-order valence-electron chi connectivity index (χ1n) is 7.26. The molecule has 0 saturated heterocycles. The average molecular weight is 276 g/mol. The van der Waals surface area contributed by atoms with Crippen molar-refractivity contribution >= 4 is 5.97 Å². The molecule has 0 bridgehead atoms. The fourth-order valence-electron chi connectivity index (χ4n) is 2.93. The number of hydrogen-bond donors (Lipinski definition) is 1. The van der Waals surface area contributed by atoms with E-state index in [2.05, 4.69) is 30.8 Å². The summed E-state index contributed by atoms with van der Waals surface area (Å²) in [6.45, 7) is 5.46. The van der Waals surface area contributed by atoms with Gasteiger partial charge in [-0.2, -0.15) is 0 Å². The molecular weight excluding hydrogens is 252 g/mol. The fraction of sp³-hybridized carbons (Fsp3) is 0.625. The van der Waals surface area contributed by atoms with Gasteiger partial charge in [0, 0.05) is 18.8 Å². The third kappa shape index (κ3) is 3.79. The van der Waals surface area contributed by atoms with Gasteiger partial charge in [0.25, 0.3) is 0 Å². The Balaban J connectivity index is 1.96. The van der Waals surface area contributed by atoms with Gasteiger partial charge in [-0.05, 0) is 55.8 Å². The topological polar surface area (TPSA) is 53.4 Å². The Morgan fingerprint density at radius 2 is 2.10 bits per heavy atom. The minimum absolute atomic E-state index is 0.126. The summed E-state index contributed by atoms with van der Waals surface area (Å²) < 4.78 is 0. The van der Waals surface area contributed by atoms with E-state index < -0.39 is 5.97 Å². The minimum atomic E-state index is -0.964. The molecule has 0 radical (unpaired) electrons. The number of nitrogens with zero attached hydrogens (tertiary/aromatic N) is 2. The maximum absolute atomic E-state index is 10.9. The van der Waals surface area contributed by atoms with Gasteiger partial charge in [0.2, 0.25) is 0 Å². The van der Waals surface area contributed by atoms with Crippen LogP contribution in [0, 0.1) is 5.41 Å². The highest BCUT2D eigenvalue weighted by Crippen LogP contribution is 2.36. The summed E-state index contributed by atoms with van der Waals surface area (Å²) >= 11 is 0.